The van der Waals surface area contributed by atoms with Crippen LogP contribution in [0, 0.1) is 0 Å². The van der Waals surface area contributed by atoms with E-state index in [1.807, 2.05) is 31.4 Å². The zero-order chi connectivity index (χ0) is 14.7. The van der Waals surface area contributed by atoms with E-state index in [1.165, 1.54) is 6.33 Å². The van der Waals surface area contributed by atoms with Gasteiger partial charge in [-0.2, -0.15) is 0 Å². The predicted molar refractivity (Wildman–Crippen MR) is 85.1 cm³/mol. The Bertz CT molecular complexity index is 606. The van der Waals surface area contributed by atoms with Crippen LogP contribution < -0.4 is 15.5 Å². The Morgan fingerprint density at radius 3 is 2.95 bits per heavy atom. The lowest BCUT2D eigenvalue weighted by atomic mass is 10.2. The van der Waals surface area contributed by atoms with Crippen LogP contribution in [-0.2, 0) is 0 Å². The average molecular weight is 305 g/mol. The van der Waals surface area contributed by atoms with Crippen LogP contribution >= 0.6 is 11.6 Å². The minimum absolute atomic E-state index is 0.310. The van der Waals surface area contributed by atoms with E-state index in [0.717, 1.165) is 36.8 Å². The van der Waals surface area contributed by atoms with Gasteiger partial charge in [-0.15, -0.1) is 0 Å². The Kier molecular flexibility index (Phi) is 4.06. The van der Waals surface area contributed by atoms with Gasteiger partial charge < -0.3 is 15.5 Å². The lowest BCUT2D eigenvalue weighted by Crippen LogP contribution is -2.27. The number of anilines is 3. The molecule has 1 aliphatic rings. The standard InChI is InChI=1S/C14H17ClN6/c1-16-12-13(15)18-9-19-14(12)20-10-5-7-21(8-10)11-4-2-3-6-17-11/h2-4,6,9-10,16H,5,7-8H2,1H3,(H,18,19,20). The minimum Gasteiger partial charge on any atom is -0.383 e. The second kappa shape index (κ2) is 6.13. The first-order valence-corrected chi connectivity index (χ1v) is 7.26. The number of pyridine rings is 1. The van der Waals surface area contributed by atoms with Crippen LogP contribution in [0.15, 0.2) is 30.7 Å². The molecule has 0 saturated carbocycles. The van der Waals surface area contributed by atoms with Gasteiger partial charge in [-0.25, -0.2) is 15.0 Å². The third kappa shape index (κ3) is 3.00. The molecule has 0 aliphatic carbocycles. The van der Waals surface area contributed by atoms with Crippen molar-refractivity contribution in [1.82, 2.24) is 15.0 Å². The fourth-order valence-electron chi connectivity index (χ4n) is 2.52. The largest absolute Gasteiger partial charge is 0.383 e. The van der Waals surface area contributed by atoms with E-state index in [-0.39, 0.29) is 0 Å². The van der Waals surface area contributed by atoms with Gasteiger partial charge in [0.15, 0.2) is 11.0 Å². The Balaban J connectivity index is 1.69. The summed E-state index contributed by atoms with van der Waals surface area (Å²) >= 11 is 6.07. The lowest BCUT2D eigenvalue weighted by molar-refractivity contribution is 0.799. The molecule has 1 saturated heterocycles. The second-order valence-corrected chi connectivity index (χ2v) is 5.26. The first kappa shape index (κ1) is 13.9. The third-order valence-corrected chi connectivity index (χ3v) is 3.84. The molecule has 3 heterocycles. The van der Waals surface area contributed by atoms with Crippen molar-refractivity contribution in [2.45, 2.75) is 12.5 Å². The molecule has 1 unspecified atom stereocenters. The highest BCUT2D eigenvalue weighted by molar-refractivity contribution is 6.32. The first-order valence-electron chi connectivity index (χ1n) is 6.88. The third-order valence-electron chi connectivity index (χ3n) is 3.55. The van der Waals surface area contributed by atoms with Gasteiger partial charge in [0.25, 0.3) is 0 Å². The van der Waals surface area contributed by atoms with E-state index in [9.17, 15) is 0 Å². The summed E-state index contributed by atoms with van der Waals surface area (Å²) in [4.78, 5) is 14.9. The number of nitrogens with one attached hydrogen (secondary N) is 2. The number of hydrogen-bond donors (Lipinski definition) is 2. The summed E-state index contributed by atoms with van der Waals surface area (Å²) in [6, 6.07) is 6.28. The Morgan fingerprint density at radius 2 is 2.19 bits per heavy atom. The molecule has 1 fully saturated rings. The highest BCUT2D eigenvalue weighted by Gasteiger charge is 2.24. The molecule has 110 valence electrons. The fourth-order valence-corrected chi connectivity index (χ4v) is 2.74. The van der Waals surface area contributed by atoms with Crippen molar-refractivity contribution >= 4 is 28.9 Å². The van der Waals surface area contributed by atoms with Crippen molar-refractivity contribution in [1.29, 1.82) is 0 Å². The lowest BCUT2D eigenvalue weighted by Gasteiger charge is -2.19. The summed E-state index contributed by atoms with van der Waals surface area (Å²) in [6.45, 7) is 1.87. The second-order valence-electron chi connectivity index (χ2n) is 4.90. The summed E-state index contributed by atoms with van der Waals surface area (Å²) in [5.74, 6) is 1.75. The zero-order valence-corrected chi connectivity index (χ0v) is 12.5. The summed E-state index contributed by atoms with van der Waals surface area (Å²) in [5.41, 5.74) is 0.732. The van der Waals surface area contributed by atoms with Crippen LogP contribution in [0.1, 0.15) is 6.42 Å². The fraction of sp³-hybridized carbons (Fsp3) is 0.357. The summed E-state index contributed by atoms with van der Waals surface area (Å²) in [5, 5.41) is 6.89. The molecule has 1 aliphatic heterocycles. The van der Waals surface area contributed by atoms with Crippen molar-refractivity contribution in [2.75, 3.05) is 35.7 Å². The molecule has 0 spiro atoms. The van der Waals surface area contributed by atoms with Gasteiger partial charge in [0.05, 0.1) is 0 Å². The maximum absolute atomic E-state index is 6.07. The Hall–Kier alpha value is -2.08. The Labute approximate surface area is 128 Å². The molecule has 3 rings (SSSR count). The number of nitrogens with zero attached hydrogens (tertiary/aromatic N) is 4. The molecule has 2 N–H and O–H groups in total. The summed E-state index contributed by atoms with van der Waals surface area (Å²) < 4.78 is 0. The van der Waals surface area contributed by atoms with Crippen LogP contribution in [0.4, 0.5) is 17.3 Å². The van der Waals surface area contributed by atoms with Crippen molar-refractivity contribution in [2.24, 2.45) is 0 Å². The first-order chi connectivity index (χ1) is 10.3. The molecule has 2 aromatic rings. The van der Waals surface area contributed by atoms with Crippen LogP contribution in [-0.4, -0.2) is 41.1 Å². The maximum Gasteiger partial charge on any atom is 0.157 e. The topological polar surface area (TPSA) is 66.0 Å². The highest BCUT2D eigenvalue weighted by Crippen LogP contribution is 2.27. The van der Waals surface area contributed by atoms with Crippen molar-refractivity contribution in [3.8, 4) is 0 Å². The smallest absolute Gasteiger partial charge is 0.157 e. The Morgan fingerprint density at radius 1 is 1.29 bits per heavy atom. The number of rotatable bonds is 4. The zero-order valence-electron chi connectivity index (χ0n) is 11.8. The van der Waals surface area contributed by atoms with Gasteiger partial charge in [0.1, 0.15) is 17.8 Å². The van der Waals surface area contributed by atoms with E-state index >= 15 is 0 Å². The van der Waals surface area contributed by atoms with E-state index < -0.39 is 0 Å². The van der Waals surface area contributed by atoms with Gasteiger partial charge in [-0.3, -0.25) is 0 Å². The SMILES string of the molecule is CNc1c(Cl)ncnc1NC1CCN(c2ccccn2)C1. The van der Waals surface area contributed by atoms with Crippen LogP contribution in [0.5, 0.6) is 0 Å². The molecule has 0 bridgehead atoms. The monoisotopic (exact) mass is 304 g/mol. The van der Waals surface area contributed by atoms with Crippen molar-refractivity contribution in [3.63, 3.8) is 0 Å². The van der Waals surface area contributed by atoms with E-state index in [4.69, 9.17) is 11.6 Å². The molecule has 0 aromatic carbocycles. The minimum atomic E-state index is 0.310. The molecule has 0 radical (unpaired) electrons. The van der Waals surface area contributed by atoms with Gasteiger partial charge in [-0.05, 0) is 18.6 Å². The van der Waals surface area contributed by atoms with Gasteiger partial charge in [0, 0.05) is 32.4 Å². The quantitative estimate of drug-likeness (QED) is 0.845. The number of hydrogen-bond acceptors (Lipinski definition) is 6. The average Bonchev–Trinajstić information content (AvgIpc) is 2.97. The maximum atomic E-state index is 6.07. The number of halogens is 1. The van der Waals surface area contributed by atoms with Crippen LogP contribution in [0.2, 0.25) is 5.15 Å². The van der Waals surface area contributed by atoms with Crippen molar-refractivity contribution < 1.29 is 0 Å². The van der Waals surface area contributed by atoms with Crippen LogP contribution in [0.25, 0.3) is 0 Å². The van der Waals surface area contributed by atoms with E-state index in [1.54, 1.807) is 0 Å². The van der Waals surface area contributed by atoms with E-state index in [2.05, 4.69) is 30.5 Å². The molecule has 1 atom stereocenters. The van der Waals surface area contributed by atoms with Gasteiger partial charge >= 0.3 is 0 Å². The van der Waals surface area contributed by atoms with Gasteiger partial charge in [-0.1, -0.05) is 17.7 Å². The van der Waals surface area contributed by atoms with Crippen molar-refractivity contribution in [3.05, 3.63) is 35.9 Å². The molecular formula is C14H17ClN6. The summed E-state index contributed by atoms with van der Waals surface area (Å²) in [6.07, 6.45) is 4.32. The molecular weight excluding hydrogens is 288 g/mol. The molecule has 0 amide bonds. The van der Waals surface area contributed by atoms with Crippen LogP contribution in [0.3, 0.4) is 0 Å². The predicted octanol–water partition coefficient (Wildman–Crippen LogP) is 2.26. The van der Waals surface area contributed by atoms with Gasteiger partial charge in [0.2, 0.25) is 0 Å². The normalized spacial score (nSPS) is 17.8. The molecule has 6 nitrogen and oxygen atoms in total. The molecule has 2 aromatic heterocycles. The highest BCUT2D eigenvalue weighted by atomic mass is 35.5. The number of aromatic nitrogens is 3. The summed E-state index contributed by atoms with van der Waals surface area (Å²) in [7, 11) is 1.81. The molecule has 21 heavy (non-hydrogen) atoms. The van der Waals surface area contributed by atoms with E-state index in [0.29, 0.717) is 11.2 Å². The molecule has 7 heteroatoms.